The molecular weight excluding hydrogens is 1050 g/mol. The van der Waals surface area contributed by atoms with Crippen LogP contribution in [0.5, 0.6) is 0 Å². The van der Waals surface area contributed by atoms with Gasteiger partial charge in [-0.15, -0.1) is 11.3 Å². The fourth-order valence-electron chi connectivity index (χ4n) is 12.3. The Hall–Kier alpha value is -6.96. The Morgan fingerprint density at radius 3 is 2.14 bits per heavy atom. The summed E-state index contributed by atoms with van der Waals surface area (Å²) in [6.07, 6.45) is 20.7. The zero-order valence-electron chi connectivity index (χ0n) is 47.4. The number of unbranched alkanes of at least 4 members (excludes halogenated alkanes) is 6. The zero-order chi connectivity index (χ0) is 57.2. The smallest absolute Gasteiger partial charge is 0.263 e. The summed E-state index contributed by atoms with van der Waals surface area (Å²) in [5.41, 5.74) is 2.58. The molecule has 2 saturated heterocycles. The Morgan fingerprint density at radius 1 is 0.778 bits per heavy atom. The molecule has 2 N–H and O–H groups in total. The summed E-state index contributed by atoms with van der Waals surface area (Å²) < 4.78 is 15.2. The first-order valence-electron chi connectivity index (χ1n) is 29.5. The van der Waals surface area contributed by atoms with Gasteiger partial charge in [0.05, 0.1) is 23.5 Å². The van der Waals surface area contributed by atoms with Crippen molar-refractivity contribution in [3.63, 3.8) is 0 Å². The number of ketones is 2. The van der Waals surface area contributed by atoms with Crippen LogP contribution in [0.3, 0.4) is 0 Å². The van der Waals surface area contributed by atoms with Crippen LogP contribution in [-0.4, -0.2) is 126 Å². The molecule has 81 heavy (non-hydrogen) atoms. The largest absolute Gasteiger partial charge is 0.367 e. The van der Waals surface area contributed by atoms with Crippen molar-refractivity contribution < 1.29 is 33.2 Å². The number of anilines is 3. The Bertz CT molecular complexity index is 3110. The SMILES string of the molecule is CC(=O)c1c(C)c2cnc(Nc3ccc(N4CCN(C(=O)CCCCCCCCCC(=O)N(C)[C@@H](C)C(=O)N[C@H](C(=O)N5CCC[C@H]5c5nc(C(=O)c6ccc(F)cc6)cs5)C5CCCCC5)CC4)cn3)nc2n(C2CCCC2)c1=O. The first-order chi connectivity index (χ1) is 39.2. The average Bonchev–Trinajstić information content (AvgIpc) is 4.41. The van der Waals surface area contributed by atoms with E-state index in [-0.39, 0.29) is 70.0 Å². The number of fused-ring (bicyclic) bond motifs is 1. The normalized spacial score (nSPS) is 17.8. The number of nitrogens with zero attached hydrogens (tertiary/aromatic N) is 9. The number of aryl methyl sites for hydroxylation is 1. The van der Waals surface area contributed by atoms with Gasteiger partial charge in [0, 0.05) is 81.2 Å². The van der Waals surface area contributed by atoms with Crippen LogP contribution in [-0.2, 0) is 19.2 Å². The summed E-state index contributed by atoms with van der Waals surface area (Å²) >= 11 is 1.33. The molecule has 1 aromatic carbocycles. The van der Waals surface area contributed by atoms with Crippen LogP contribution < -0.4 is 21.1 Å². The van der Waals surface area contributed by atoms with E-state index in [2.05, 4.69) is 30.5 Å². The van der Waals surface area contributed by atoms with Gasteiger partial charge in [0.25, 0.3) is 5.56 Å². The summed E-state index contributed by atoms with van der Waals surface area (Å²) in [4.78, 5) is 120. The number of hydrogen-bond acceptors (Lipinski definition) is 14. The Labute approximate surface area is 477 Å². The molecule has 20 heteroatoms. The number of pyridine rings is 2. The van der Waals surface area contributed by atoms with Gasteiger partial charge in [0.1, 0.15) is 40.1 Å². The molecule has 2 aliphatic heterocycles. The topological polar surface area (TPSA) is 213 Å². The maximum absolute atomic E-state index is 14.5. The number of aromatic nitrogens is 5. The number of carbonyl (C=O) groups is 6. The molecule has 0 unspecified atom stereocenters. The molecule has 18 nitrogen and oxygen atoms in total. The van der Waals surface area contributed by atoms with Gasteiger partial charge in [0.15, 0.2) is 5.78 Å². The van der Waals surface area contributed by atoms with Crippen LogP contribution in [0.1, 0.15) is 191 Å². The van der Waals surface area contributed by atoms with Crippen LogP contribution in [0.25, 0.3) is 11.0 Å². The van der Waals surface area contributed by atoms with Crippen LogP contribution in [0, 0.1) is 18.7 Å². The predicted molar refractivity (Wildman–Crippen MR) is 310 cm³/mol. The third-order valence-corrected chi connectivity index (χ3v) is 18.2. The number of rotatable bonds is 23. The highest BCUT2D eigenvalue weighted by atomic mass is 32.1. The second kappa shape index (κ2) is 27.2. The highest BCUT2D eigenvalue weighted by Crippen LogP contribution is 2.37. The number of hydrogen-bond donors (Lipinski definition) is 2. The van der Waals surface area contributed by atoms with Crippen LogP contribution in [0.2, 0.25) is 0 Å². The van der Waals surface area contributed by atoms with Gasteiger partial charge >= 0.3 is 0 Å². The molecule has 0 radical (unpaired) electrons. The fourth-order valence-corrected chi connectivity index (χ4v) is 13.3. The number of thiazole rings is 1. The minimum absolute atomic E-state index is 0.0123. The number of benzene rings is 1. The summed E-state index contributed by atoms with van der Waals surface area (Å²) in [6.45, 7) is 8.11. The number of halogens is 1. The highest BCUT2D eigenvalue weighted by molar-refractivity contribution is 7.10. The Balaban J connectivity index is 0.657. The molecule has 4 aliphatic rings. The van der Waals surface area contributed by atoms with E-state index >= 15 is 0 Å². The number of likely N-dealkylation sites (N-methyl/N-ethyl adjacent to an activating group) is 1. The monoisotopic (exact) mass is 1130 g/mol. The minimum atomic E-state index is -0.767. The van der Waals surface area contributed by atoms with Crippen LogP contribution >= 0.6 is 11.3 Å². The van der Waals surface area contributed by atoms with Crippen molar-refractivity contribution in [2.75, 3.05) is 50.0 Å². The molecule has 4 aromatic heterocycles. The van der Waals surface area contributed by atoms with E-state index in [9.17, 15) is 38.0 Å². The average molecular weight is 1130 g/mol. The number of likely N-dealkylation sites (tertiary alicyclic amines) is 1. The standard InChI is InChI=1S/C61H78FN11O7S/c1-39-47-37-64-61(68-56(47)73(45-20-15-16-21-45)59(79)53(39)41(3)74)66-50-30-29-46(36-63-50)70-32-34-71(35-33-70)52(76)24-14-9-7-5-6-8-13-23-51(75)69(4)40(2)57(78)67-54(42-18-11-10-12-19-42)60(80)72-31-17-22-49(72)58-65-48(38-81-58)55(77)43-25-27-44(62)28-26-43/h25-30,36-38,40,42,45,49,54H,5-24,31-35H2,1-4H3,(H,67,78)(H,63,64,66,68)/t40-,49-,54-/m0/s1. The molecule has 4 fully saturated rings. The molecule has 4 amide bonds. The van der Waals surface area contributed by atoms with E-state index in [1.807, 2.05) is 21.9 Å². The van der Waals surface area contributed by atoms with Gasteiger partial charge in [-0.2, -0.15) is 4.98 Å². The maximum atomic E-state index is 14.5. The summed E-state index contributed by atoms with van der Waals surface area (Å²) in [7, 11) is 1.65. The van der Waals surface area contributed by atoms with E-state index in [1.54, 1.807) is 43.2 Å². The molecule has 5 aromatic rings. The number of nitrogens with one attached hydrogen (secondary N) is 2. The van der Waals surface area contributed by atoms with E-state index < -0.39 is 17.9 Å². The van der Waals surface area contributed by atoms with Crippen molar-refractivity contribution in [2.24, 2.45) is 5.92 Å². The summed E-state index contributed by atoms with van der Waals surface area (Å²) in [6, 6.07) is 7.38. The van der Waals surface area contributed by atoms with Crippen molar-refractivity contribution in [1.82, 2.24) is 44.5 Å². The quantitative estimate of drug-likeness (QED) is 0.0461. The number of carbonyl (C=O) groups excluding carboxylic acids is 6. The second-order valence-corrected chi connectivity index (χ2v) is 23.5. The fraction of sp³-hybridized carbons (Fsp3) is 0.557. The molecule has 3 atom stereocenters. The predicted octanol–water partition coefficient (Wildman–Crippen LogP) is 9.82. The lowest BCUT2D eigenvalue weighted by atomic mass is 9.83. The zero-order valence-corrected chi connectivity index (χ0v) is 48.2. The lowest BCUT2D eigenvalue weighted by molar-refractivity contribution is -0.142. The Kier molecular flexibility index (Phi) is 19.7. The number of Topliss-reactive ketones (excluding diaryl/α,β-unsaturated/α-hetero) is 1. The molecule has 9 rings (SSSR count). The van der Waals surface area contributed by atoms with Gasteiger partial charge < -0.3 is 30.2 Å². The maximum Gasteiger partial charge on any atom is 0.263 e. The molecule has 2 saturated carbocycles. The van der Waals surface area contributed by atoms with Crippen molar-refractivity contribution >= 4 is 75.0 Å². The first-order valence-corrected chi connectivity index (χ1v) is 30.4. The van der Waals surface area contributed by atoms with Gasteiger partial charge in [-0.1, -0.05) is 64.2 Å². The Morgan fingerprint density at radius 2 is 1.46 bits per heavy atom. The van der Waals surface area contributed by atoms with Crippen LogP contribution in [0.4, 0.5) is 21.8 Å². The summed E-state index contributed by atoms with van der Waals surface area (Å²) in [5.74, 6) is -0.582. The number of piperazine rings is 1. The van der Waals surface area contributed by atoms with Crippen molar-refractivity contribution in [2.45, 2.75) is 173 Å². The van der Waals surface area contributed by atoms with Crippen molar-refractivity contribution in [1.29, 1.82) is 0 Å². The van der Waals surface area contributed by atoms with Crippen LogP contribution in [0.15, 0.2) is 59.0 Å². The van der Waals surface area contributed by atoms with Gasteiger partial charge in [-0.05, 0) is 120 Å². The summed E-state index contributed by atoms with van der Waals surface area (Å²) in [5, 5.41) is 9.34. The van der Waals surface area contributed by atoms with E-state index in [0.717, 1.165) is 108 Å². The second-order valence-electron chi connectivity index (χ2n) is 22.6. The molecule has 432 valence electrons. The molecule has 0 bridgehead atoms. The lowest BCUT2D eigenvalue weighted by Crippen LogP contribution is -2.56. The van der Waals surface area contributed by atoms with Crippen molar-refractivity contribution in [3.8, 4) is 0 Å². The van der Waals surface area contributed by atoms with Crippen molar-refractivity contribution in [3.05, 3.63) is 97.7 Å². The number of amides is 4. The molecular formula is C61H78FN11O7S. The van der Waals surface area contributed by atoms with Gasteiger partial charge in [0.2, 0.25) is 35.4 Å². The third-order valence-electron chi connectivity index (χ3n) is 17.2. The van der Waals surface area contributed by atoms with Gasteiger partial charge in [-0.3, -0.25) is 38.1 Å². The third kappa shape index (κ3) is 14.0. The van der Waals surface area contributed by atoms with E-state index in [0.29, 0.717) is 97.3 Å². The molecule has 0 spiro atoms. The lowest BCUT2D eigenvalue weighted by Gasteiger charge is -2.36. The molecule has 2 aliphatic carbocycles. The van der Waals surface area contributed by atoms with E-state index in [4.69, 9.17) is 4.98 Å². The molecule has 6 heterocycles. The first kappa shape index (κ1) is 58.7. The van der Waals surface area contributed by atoms with Gasteiger partial charge in [-0.25, -0.2) is 19.3 Å². The van der Waals surface area contributed by atoms with E-state index in [1.165, 1.54) is 47.4 Å². The highest BCUT2D eigenvalue weighted by Gasteiger charge is 2.41. The minimum Gasteiger partial charge on any atom is -0.367 e.